The van der Waals surface area contributed by atoms with Crippen LogP contribution in [0.15, 0.2) is 54.6 Å². The largest absolute Gasteiger partial charge is 0.455 e. The van der Waals surface area contributed by atoms with Crippen molar-refractivity contribution in [1.82, 2.24) is 0 Å². The molecular weight excluding hydrogens is 663 g/mol. The fourth-order valence-electron chi connectivity index (χ4n) is 4.90. The number of anilines is 1. The lowest BCUT2D eigenvalue weighted by Crippen LogP contribution is -2.36. The minimum Gasteiger partial charge on any atom is -0.455 e. The molecule has 1 saturated heterocycles. The SMILES string of the molecule is CCS(=O)(=O)Cc1cccc(Oc2cc(F)cc(Cc3ccc(I)cc3F)c2N2C(O)CC3(CC3)S2(=O)=O)c1. The molecule has 3 aromatic rings. The Morgan fingerprint density at radius 2 is 1.85 bits per heavy atom. The average Bonchev–Trinajstić information content (AvgIpc) is 3.60. The van der Waals surface area contributed by atoms with Crippen LogP contribution in [0.3, 0.4) is 0 Å². The Balaban J connectivity index is 1.63. The number of hydrogen-bond acceptors (Lipinski definition) is 6. The molecule has 2 fully saturated rings. The van der Waals surface area contributed by atoms with E-state index in [4.69, 9.17) is 4.74 Å². The van der Waals surface area contributed by atoms with Crippen LogP contribution in [0.1, 0.15) is 42.9 Å². The quantitative estimate of drug-likeness (QED) is 0.324. The van der Waals surface area contributed by atoms with E-state index in [2.05, 4.69) is 0 Å². The van der Waals surface area contributed by atoms with Gasteiger partial charge in [-0.2, -0.15) is 0 Å². The molecular formula is C27H26F2INO6S2. The molecule has 1 spiro atoms. The van der Waals surface area contributed by atoms with E-state index < -0.39 is 42.5 Å². The van der Waals surface area contributed by atoms with Crippen molar-refractivity contribution in [2.45, 2.75) is 49.3 Å². The minimum atomic E-state index is -4.04. The van der Waals surface area contributed by atoms with Crippen molar-refractivity contribution in [1.29, 1.82) is 0 Å². The van der Waals surface area contributed by atoms with Crippen LogP contribution in [-0.2, 0) is 32.0 Å². The third-order valence-electron chi connectivity index (χ3n) is 7.13. The highest BCUT2D eigenvalue weighted by Gasteiger charge is 2.65. The van der Waals surface area contributed by atoms with Crippen LogP contribution < -0.4 is 9.04 Å². The summed E-state index contributed by atoms with van der Waals surface area (Å²) in [6.07, 6.45) is -0.780. The zero-order valence-electron chi connectivity index (χ0n) is 20.9. The highest BCUT2D eigenvalue weighted by molar-refractivity contribution is 14.1. The second-order valence-electron chi connectivity index (χ2n) is 9.92. The van der Waals surface area contributed by atoms with Crippen LogP contribution in [0.2, 0.25) is 0 Å². The second kappa shape index (κ2) is 10.3. The molecule has 1 heterocycles. The molecule has 208 valence electrons. The van der Waals surface area contributed by atoms with Gasteiger partial charge in [-0.25, -0.2) is 29.9 Å². The van der Waals surface area contributed by atoms with E-state index in [-0.39, 0.29) is 52.7 Å². The number of rotatable bonds is 8. The maximum absolute atomic E-state index is 15.0. The van der Waals surface area contributed by atoms with Gasteiger partial charge in [0, 0.05) is 28.2 Å². The van der Waals surface area contributed by atoms with Gasteiger partial charge in [-0.1, -0.05) is 25.1 Å². The van der Waals surface area contributed by atoms with Crippen LogP contribution in [0, 0.1) is 15.2 Å². The summed E-state index contributed by atoms with van der Waals surface area (Å²) in [5, 5.41) is 10.9. The molecule has 7 nitrogen and oxygen atoms in total. The molecule has 1 saturated carbocycles. The van der Waals surface area contributed by atoms with Gasteiger partial charge in [0.05, 0.1) is 10.5 Å². The number of sulfone groups is 1. The van der Waals surface area contributed by atoms with Crippen LogP contribution in [-0.4, -0.2) is 38.7 Å². The molecule has 0 aromatic heterocycles. The van der Waals surface area contributed by atoms with E-state index in [9.17, 15) is 30.7 Å². The summed E-state index contributed by atoms with van der Waals surface area (Å²) in [6.45, 7) is 1.54. The Hall–Kier alpha value is -2.29. The first-order valence-corrected chi connectivity index (χ1v) is 16.6. The number of nitrogens with zero attached hydrogens (tertiary/aromatic N) is 1. The lowest BCUT2D eigenvalue weighted by molar-refractivity contribution is 0.184. The Labute approximate surface area is 239 Å². The first-order chi connectivity index (χ1) is 18.3. The van der Waals surface area contributed by atoms with E-state index >= 15 is 0 Å². The molecule has 0 radical (unpaired) electrons. The van der Waals surface area contributed by atoms with Gasteiger partial charge in [0.25, 0.3) is 0 Å². The highest BCUT2D eigenvalue weighted by Crippen LogP contribution is 2.57. The van der Waals surface area contributed by atoms with Crippen molar-refractivity contribution in [3.63, 3.8) is 0 Å². The van der Waals surface area contributed by atoms with Crippen LogP contribution in [0.25, 0.3) is 0 Å². The monoisotopic (exact) mass is 689 g/mol. The number of aliphatic hydroxyl groups is 1. The molecule has 12 heteroatoms. The normalized spacial score (nSPS) is 19.4. The predicted octanol–water partition coefficient (Wildman–Crippen LogP) is 5.28. The molecule has 1 N–H and O–H groups in total. The molecule has 3 aromatic carbocycles. The van der Waals surface area contributed by atoms with Crippen molar-refractivity contribution in [3.8, 4) is 11.5 Å². The molecule has 1 aliphatic heterocycles. The highest BCUT2D eigenvalue weighted by atomic mass is 127. The van der Waals surface area contributed by atoms with Crippen molar-refractivity contribution in [2.75, 3.05) is 10.1 Å². The lowest BCUT2D eigenvalue weighted by Gasteiger charge is -2.27. The summed E-state index contributed by atoms with van der Waals surface area (Å²) in [5.41, 5.74) is 0.707. The predicted molar refractivity (Wildman–Crippen MR) is 152 cm³/mol. The number of sulfonamides is 1. The van der Waals surface area contributed by atoms with E-state index in [0.717, 1.165) is 16.4 Å². The first kappa shape index (κ1) is 28.2. The van der Waals surface area contributed by atoms with Gasteiger partial charge in [0.15, 0.2) is 15.6 Å². The summed E-state index contributed by atoms with van der Waals surface area (Å²) in [7, 11) is -7.38. The number of halogens is 3. The topological polar surface area (TPSA) is 101 Å². The van der Waals surface area contributed by atoms with Crippen molar-refractivity contribution in [2.24, 2.45) is 0 Å². The zero-order valence-corrected chi connectivity index (χ0v) is 24.7. The Morgan fingerprint density at radius 3 is 2.49 bits per heavy atom. The van der Waals surface area contributed by atoms with Crippen molar-refractivity contribution < 1.29 is 35.5 Å². The van der Waals surface area contributed by atoms with Crippen LogP contribution >= 0.6 is 22.6 Å². The van der Waals surface area contributed by atoms with Gasteiger partial charge in [-0.15, -0.1) is 0 Å². The maximum Gasteiger partial charge on any atom is 0.243 e. The molecule has 0 bridgehead atoms. The number of hydrogen-bond donors (Lipinski definition) is 1. The molecule has 1 atom stereocenters. The summed E-state index contributed by atoms with van der Waals surface area (Å²) >= 11 is 1.97. The summed E-state index contributed by atoms with van der Waals surface area (Å²) in [5.74, 6) is -1.58. The van der Waals surface area contributed by atoms with Gasteiger partial charge in [0.1, 0.15) is 29.3 Å². The van der Waals surface area contributed by atoms with Gasteiger partial charge in [0.2, 0.25) is 10.0 Å². The summed E-state index contributed by atoms with van der Waals surface area (Å²) in [4.78, 5) is 0. The van der Waals surface area contributed by atoms with E-state index in [1.54, 1.807) is 31.2 Å². The Bertz CT molecular complexity index is 1660. The molecule has 2 aliphatic rings. The van der Waals surface area contributed by atoms with E-state index in [1.165, 1.54) is 18.2 Å². The second-order valence-corrected chi connectivity index (χ2v) is 15.7. The molecule has 1 unspecified atom stereocenters. The van der Waals surface area contributed by atoms with E-state index in [0.29, 0.717) is 22.0 Å². The standard InChI is InChI=1S/C27H26F2INO6S2/c1-2-38(33,34)16-17-4-3-5-22(10-17)37-24-13-20(28)12-19(11-18-6-7-21(30)14-23(18)29)26(24)31-25(32)15-27(8-9-27)39(31,35)36/h3-7,10,12-14,25,32H,2,8-9,11,15-16H2,1H3. The van der Waals surface area contributed by atoms with Gasteiger partial charge in [-0.05, 0) is 82.5 Å². The fraction of sp³-hybridized carbons (Fsp3) is 0.333. The molecule has 0 amide bonds. The van der Waals surface area contributed by atoms with E-state index in [1.807, 2.05) is 22.6 Å². The number of aliphatic hydroxyl groups excluding tert-OH is 1. The lowest BCUT2D eigenvalue weighted by atomic mass is 10.0. The third kappa shape index (κ3) is 5.52. The van der Waals surface area contributed by atoms with Gasteiger partial charge in [-0.3, -0.25) is 0 Å². The number of benzene rings is 3. The average molecular weight is 690 g/mol. The van der Waals surface area contributed by atoms with Gasteiger partial charge < -0.3 is 9.84 Å². The van der Waals surface area contributed by atoms with Crippen molar-refractivity contribution >= 4 is 48.1 Å². The molecule has 5 rings (SSSR count). The summed E-state index contributed by atoms with van der Waals surface area (Å²) < 4.78 is 87.7. The Kier molecular flexibility index (Phi) is 7.44. The summed E-state index contributed by atoms with van der Waals surface area (Å²) in [6, 6.07) is 12.9. The van der Waals surface area contributed by atoms with Crippen LogP contribution in [0.4, 0.5) is 14.5 Å². The van der Waals surface area contributed by atoms with Crippen LogP contribution in [0.5, 0.6) is 11.5 Å². The number of ether oxygens (including phenoxy) is 1. The Morgan fingerprint density at radius 1 is 1.10 bits per heavy atom. The fourth-order valence-corrected chi connectivity index (χ4v) is 8.49. The third-order valence-corrected chi connectivity index (χ3v) is 12.1. The van der Waals surface area contributed by atoms with Gasteiger partial charge >= 0.3 is 0 Å². The zero-order chi connectivity index (χ0) is 28.2. The van der Waals surface area contributed by atoms with Crippen molar-refractivity contribution in [3.05, 3.63) is 86.5 Å². The smallest absolute Gasteiger partial charge is 0.243 e. The first-order valence-electron chi connectivity index (χ1n) is 12.3. The minimum absolute atomic E-state index is 0.00611. The molecule has 39 heavy (non-hydrogen) atoms. The maximum atomic E-state index is 15.0. The molecule has 1 aliphatic carbocycles.